The lowest BCUT2D eigenvalue weighted by atomic mass is 9.96. The molecule has 0 unspecified atom stereocenters. The predicted molar refractivity (Wildman–Crippen MR) is 142 cm³/mol. The zero-order chi connectivity index (χ0) is 26.2. The number of fused-ring (bicyclic) bond motifs is 2. The monoisotopic (exact) mass is 510 g/mol. The van der Waals surface area contributed by atoms with E-state index in [0.29, 0.717) is 39.4 Å². The molecule has 1 fully saturated rings. The molecule has 4 N–H and O–H groups in total. The molecule has 2 amide bonds. The summed E-state index contributed by atoms with van der Waals surface area (Å²) in [6.45, 7) is 1.84. The lowest BCUT2D eigenvalue weighted by Crippen LogP contribution is -2.35. The molecule has 12 heteroatoms. The summed E-state index contributed by atoms with van der Waals surface area (Å²) in [7, 11) is 3.64. The van der Waals surface area contributed by atoms with Crippen LogP contribution in [0.1, 0.15) is 23.2 Å². The van der Waals surface area contributed by atoms with E-state index in [2.05, 4.69) is 57.7 Å². The summed E-state index contributed by atoms with van der Waals surface area (Å²) in [5.41, 5.74) is 4.94. The van der Waals surface area contributed by atoms with Crippen molar-refractivity contribution >= 4 is 39.6 Å². The molecule has 0 bridgehead atoms. The van der Waals surface area contributed by atoms with E-state index in [0.717, 1.165) is 42.4 Å². The molecule has 1 aliphatic heterocycles. The minimum absolute atomic E-state index is 0.00397. The van der Waals surface area contributed by atoms with Crippen molar-refractivity contribution in [2.45, 2.75) is 12.8 Å². The van der Waals surface area contributed by atoms with Crippen LogP contribution >= 0.6 is 0 Å². The molecule has 0 aliphatic carbocycles. The van der Waals surface area contributed by atoms with Crippen molar-refractivity contribution in [3.8, 4) is 22.6 Å². The minimum Gasteiger partial charge on any atom is -0.355 e. The van der Waals surface area contributed by atoms with E-state index in [-0.39, 0.29) is 17.7 Å². The van der Waals surface area contributed by atoms with Gasteiger partial charge in [0.05, 0.1) is 34.5 Å². The second kappa shape index (κ2) is 9.63. The van der Waals surface area contributed by atoms with E-state index >= 15 is 0 Å². The number of carbonyl (C=O) groups is 2. The van der Waals surface area contributed by atoms with Crippen molar-refractivity contribution < 1.29 is 9.59 Å². The Morgan fingerprint density at radius 2 is 1.82 bits per heavy atom. The van der Waals surface area contributed by atoms with Gasteiger partial charge in [0.15, 0.2) is 11.5 Å². The van der Waals surface area contributed by atoms with Gasteiger partial charge in [-0.15, -0.1) is 0 Å². The maximum Gasteiger partial charge on any atom is 0.254 e. The minimum atomic E-state index is -0.269. The smallest absolute Gasteiger partial charge is 0.254 e. The fourth-order valence-electron chi connectivity index (χ4n) is 4.77. The summed E-state index contributed by atoms with van der Waals surface area (Å²) in [4.78, 5) is 48.2. The number of pyridine rings is 3. The molecule has 12 nitrogen and oxygen atoms in total. The highest BCUT2D eigenvalue weighted by Crippen LogP contribution is 2.30. The number of aromatic amines is 2. The van der Waals surface area contributed by atoms with E-state index in [9.17, 15) is 9.59 Å². The highest BCUT2D eigenvalue weighted by Gasteiger charge is 2.23. The maximum absolute atomic E-state index is 12.8. The van der Waals surface area contributed by atoms with Crippen LogP contribution in [-0.2, 0) is 4.79 Å². The van der Waals surface area contributed by atoms with Crippen molar-refractivity contribution in [1.29, 1.82) is 0 Å². The van der Waals surface area contributed by atoms with Crippen molar-refractivity contribution in [3.63, 3.8) is 0 Å². The number of hydrogen-bond donors (Lipinski definition) is 4. The summed E-state index contributed by atoms with van der Waals surface area (Å²) in [5.74, 6) is 0.272. The van der Waals surface area contributed by atoms with Crippen LogP contribution in [0.4, 0.5) is 5.69 Å². The molecule has 6 heterocycles. The van der Waals surface area contributed by atoms with Gasteiger partial charge in [0.2, 0.25) is 5.91 Å². The van der Waals surface area contributed by atoms with Gasteiger partial charge in [-0.25, -0.2) is 9.97 Å². The molecule has 38 heavy (non-hydrogen) atoms. The Morgan fingerprint density at radius 1 is 1.03 bits per heavy atom. The van der Waals surface area contributed by atoms with Crippen LogP contribution in [0.15, 0.2) is 43.1 Å². The predicted octanol–water partition coefficient (Wildman–Crippen LogP) is 2.60. The van der Waals surface area contributed by atoms with Crippen molar-refractivity contribution in [3.05, 3.63) is 48.7 Å². The van der Waals surface area contributed by atoms with E-state index in [1.165, 1.54) is 6.20 Å². The fourth-order valence-corrected chi connectivity index (χ4v) is 4.77. The number of rotatable bonds is 5. The van der Waals surface area contributed by atoms with Gasteiger partial charge in [-0.1, -0.05) is 0 Å². The van der Waals surface area contributed by atoms with Gasteiger partial charge in [0.1, 0.15) is 11.2 Å². The summed E-state index contributed by atoms with van der Waals surface area (Å²) >= 11 is 0. The normalized spacial score (nSPS) is 14.7. The molecule has 1 aliphatic rings. The number of piperidine rings is 1. The number of amides is 2. The van der Waals surface area contributed by atoms with Gasteiger partial charge in [-0.2, -0.15) is 5.10 Å². The lowest BCUT2D eigenvalue weighted by Gasteiger charge is -2.28. The molecule has 5 aromatic rings. The average Bonchev–Trinajstić information content (AvgIpc) is 3.56. The summed E-state index contributed by atoms with van der Waals surface area (Å²) in [6, 6.07) is 3.84. The largest absolute Gasteiger partial charge is 0.355 e. The van der Waals surface area contributed by atoms with Crippen molar-refractivity contribution in [2.75, 3.05) is 32.5 Å². The van der Waals surface area contributed by atoms with Crippen molar-refractivity contribution in [1.82, 2.24) is 45.3 Å². The Hall–Kier alpha value is -4.71. The number of hydrogen-bond acceptors (Lipinski definition) is 8. The number of anilines is 1. The van der Waals surface area contributed by atoms with Gasteiger partial charge >= 0.3 is 0 Å². The zero-order valence-electron chi connectivity index (χ0n) is 20.9. The molecule has 1 saturated heterocycles. The summed E-state index contributed by atoms with van der Waals surface area (Å²) in [5, 5.41) is 13.7. The van der Waals surface area contributed by atoms with E-state index in [1.54, 1.807) is 31.8 Å². The fraction of sp³-hybridized carbons (Fsp3) is 0.269. The quantitative estimate of drug-likeness (QED) is 0.281. The van der Waals surface area contributed by atoms with Gasteiger partial charge in [-0.05, 0) is 45.1 Å². The van der Waals surface area contributed by atoms with Gasteiger partial charge in [-0.3, -0.25) is 24.7 Å². The molecule has 0 saturated carbocycles. The Kier molecular flexibility index (Phi) is 6.00. The highest BCUT2D eigenvalue weighted by molar-refractivity contribution is 6.05. The Bertz CT molecular complexity index is 1670. The van der Waals surface area contributed by atoms with Gasteiger partial charge < -0.3 is 20.5 Å². The third-order valence-corrected chi connectivity index (χ3v) is 6.94. The third-order valence-electron chi connectivity index (χ3n) is 6.94. The van der Waals surface area contributed by atoms with Crippen LogP contribution in [-0.4, -0.2) is 79.0 Å². The van der Waals surface area contributed by atoms with Crippen LogP contribution in [0, 0.1) is 5.92 Å². The Balaban J connectivity index is 1.31. The Labute approximate surface area is 217 Å². The summed E-state index contributed by atoms with van der Waals surface area (Å²) < 4.78 is 0. The molecule has 192 valence electrons. The zero-order valence-corrected chi connectivity index (χ0v) is 20.9. The number of imidazole rings is 1. The van der Waals surface area contributed by atoms with Gasteiger partial charge in [0.25, 0.3) is 5.91 Å². The van der Waals surface area contributed by atoms with Crippen LogP contribution < -0.4 is 10.6 Å². The molecule has 0 aromatic carbocycles. The number of carbonyl (C=O) groups excluding carboxylic acids is 2. The first-order valence-corrected chi connectivity index (χ1v) is 12.4. The molecule has 0 atom stereocenters. The Morgan fingerprint density at radius 3 is 2.63 bits per heavy atom. The lowest BCUT2D eigenvalue weighted by molar-refractivity contribution is -0.121. The molecule has 6 rings (SSSR count). The van der Waals surface area contributed by atoms with Crippen LogP contribution in [0.2, 0.25) is 0 Å². The number of aromatic nitrogens is 7. The molecular formula is C26H26N10O2. The summed E-state index contributed by atoms with van der Waals surface area (Å²) in [6.07, 6.45) is 9.91. The number of likely N-dealkylation sites (tertiary alicyclic amines) is 1. The SMILES string of the molecule is CNC(=O)c1cncc2[nH]c(-c3[nH]nc4ncc(-c5cncc(NC(=O)C6CCN(C)CC6)c5)cc34)nc12. The number of nitrogens with one attached hydrogen (secondary N) is 4. The molecule has 0 radical (unpaired) electrons. The standard InChI is InChI=1S/C26H26N10O2/c1-27-26(38)19-12-29-13-20-21(19)33-24(32-20)22-18-8-16(10-30-23(18)35-34-22)15-7-17(11-28-9-15)31-25(37)14-3-5-36(2)6-4-14/h7-14H,3-6H2,1-2H3,(H,27,38)(H,31,37)(H,32,33)(H,30,34,35). The second-order valence-corrected chi connectivity index (χ2v) is 9.47. The first kappa shape index (κ1) is 23.7. The third kappa shape index (κ3) is 4.34. The average molecular weight is 511 g/mol. The highest BCUT2D eigenvalue weighted by atomic mass is 16.2. The van der Waals surface area contributed by atoms with Crippen LogP contribution in [0.5, 0.6) is 0 Å². The number of H-pyrrole nitrogens is 2. The van der Waals surface area contributed by atoms with E-state index < -0.39 is 0 Å². The van der Waals surface area contributed by atoms with E-state index in [4.69, 9.17) is 0 Å². The molecule has 5 aromatic heterocycles. The first-order valence-electron chi connectivity index (χ1n) is 12.4. The van der Waals surface area contributed by atoms with Crippen LogP contribution in [0.3, 0.4) is 0 Å². The maximum atomic E-state index is 12.8. The van der Waals surface area contributed by atoms with E-state index in [1.807, 2.05) is 12.1 Å². The second-order valence-electron chi connectivity index (χ2n) is 9.47. The number of nitrogens with zero attached hydrogens (tertiary/aromatic N) is 6. The van der Waals surface area contributed by atoms with Gasteiger partial charge in [0, 0.05) is 42.7 Å². The topological polar surface area (TPSA) is 157 Å². The van der Waals surface area contributed by atoms with Crippen LogP contribution in [0.25, 0.3) is 44.7 Å². The first-order chi connectivity index (χ1) is 18.5. The van der Waals surface area contributed by atoms with Crippen molar-refractivity contribution in [2.24, 2.45) is 5.92 Å². The molecule has 0 spiro atoms. The molecular weight excluding hydrogens is 484 g/mol.